The van der Waals surface area contributed by atoms with E-state index in [1.807, 2.05) is 19.2 Å². The number of hydrogen-bond donors (Lipinski definition) is 1. The van der Waals surface area contributed by atoms with Crippen molar-refractivity contribution >= 4 is 11.8 Å². The van der Waals surface area contributed by atoms with E-state index in [9.17, 15) is 0 Å². The molecular weight excluding hydrogens is 268 g/mol. The Morgan fingerprint density at radius 3 is 2.65 bits per heavy atom. The standard InChI is InChI=1S/C15H20N4S/c1-4-13(16-5-2)14-7-6-12(10-18-14)20-15-17-9-8-11(3)19-15/h6-10,13,16H,4-5H2,1-3H3. The van der Waals surface area contributed by atoms with Crippen LogP contribution in [0.2, 0.25) is 0 Å². The first-order valence-corrected chi connectivity index (χ1v) is 7.71. The fourth-order valence-electron chi connectivity index (χ4n) is 1.94. The summed E-state index contributed by atoms with van der Waals surface area (Å²) in [6.07, 6.45) is 4.71. The van der Waals surface area contributed by atoms with E-state index in [1.54, 1.807) is 6.20 Å². The van der Waals surface area contributed by atoms with Crippen LogP contribution in [0.1, 0.15) is 37.7 Å². The van der Waals surface area contributed by atoms with Crippen LogP contribution in [0, 0.1) is 6.92 Å². The van der Waals surface area contributed by atoms with Gasteiger partial charge in [0.2, 0.25) is 0 Å². The summed E-state index contributed by atoms with van der Waals surface area (Å²) < 4.78 is 0. The van der Waals surface area contributed by atoms with E-state index in [0.29, 0.717) is 6.04 Å². The fourth-order valence-corrected chi connectivity index (χ4v) is 2.70. The normalized spacial score (nSPS) is 12.3. The van der Waals surface area contributed by atoms with Gasteiger partial charge in [-0.15, -0.1) is 0 Å². The van der Waals surface area contributed by atoms with Crippen LogP contribution >= 0.6 is 11.8 Å². The van der Waals surface area contributed by atoms with E-state index in [1.165, 1.54) is 11.8 Å². The van der Waals surface area contributed by atoms with Crippen molar-refractivity contribution in [3.8, 4) is 0 Å². The minimum absolute atomic E-state index is 0.328. The number of aromatic nitrogens is 3. The Bertz CT molecular complexity index is 542. The van der Waals surface area contributed by atoms with E-state index in [0.717, 1.165) is 34.4 Å². The van der Waals surface area contributed by atoms with E-state index in [2.05, 4.69) is 46.2 Å². The van der Waals surface area contributed by atoms with Crippen molar-refractivity contribution in [2.45, 2.75) is 43.3 Å². The predicted octanol–water partition coefficient (Wildman–Crippen LogP) is 3.39. The van der Waals surface area contributed by atoms with Crippen LogP contribution in [-0.2, 0) is 0 Å². The Kier molecular flexibility index (Phi) is 5.49. The van der Waals surface area contributed by atoms with Gasteiger partial charge in [-0.1, -0.05) is 13.8 Å². The van der Waals surface area contributed by atoms with E-state index >= 15 is 0 Å². The first-order valence-electron chi connectivity index (χ1n) is 6.89. The van der Waals surface area contributed by atoms with Crippen LogP contribution in [0.5, 0.6) is 0 Å². The summed E-state index contributed by atoms with van der Waals surface area (Å²) in [5, 5.41) is 4.19. The molecule has 0 bridgehead atoms. The first kappa shape index (κ1) is 14.9. The van der Waals surface area contributed by atoms with Crippen molar-refractivity contribution in [2.24, 2.45) is 0 Å². The maximum Gasteiger partial charge on any atom is 0.192 e. The molecule has 0 radical (unpaired) electrons. The Hall–Kier alpha value is -1.46. The van der Waals surface area contributed by atoms with Crippen molar-refractivity contribution in [3.63, 3.8) is 0 Å². The molecule has 106 valence electrons. The van der Waals surface area contributed by atoms with E-state index in [-0.39, 0.29) is 0 Å². The molecule has 1 unspecified atom stereocenters. The van der Waals surface area contributed by atoms with Crippen LogP contribution in [0.4, 0.5) is 0 Å². The minimum Gasteiger partial charge on any atom is -0.309 e. The topological polar surface area (TPSA) is 50.7 Å². The summed E-state index contributed by atoms with van der Waals surface area (Å²) in [5.41, 5.74) is 2.06. The zero-order valence-corrected chi connectivity index (χ0v) is 12.9. The average molecular weight is 288 g/mol. The van der Waals surface area contributed by atoms with Gasteiger partial charge in [0, 0.05) is 29.0 Å². The third-order valence-electron chi connectivity index (χ3n) is 2.96. The summed E-state index contributed by atoms with van der Waals surface area (Å²) in [5.74, 6) is 0. The number of nitrogens with one attached hydrogen (secondary N) is 1. The average Bonchev–Trinajstić information content (AvgIpc) is 2.46. The molecule has 5 heteroatoms. The van der Waals surface area contributed by atoms with Crippen molar-refractivity contribution in [1.82, 2.24) is 20.3 Å². The molecule has 1 atom stereocenters. The molecule has 2 aromatic heterocycles. The van der Waals surface area contributed by atoms with Gasteiger partial charge in [-0.2, -0.15) is 0 Å². The number of nitrogens with zero attached hydrogens (tertiary/aromatic N) is 3. The molecule has 0 fully saturated rings. The molecule has 0 aliphatic rings. The summed E-state index contributed by atoms with van der Waals surface area (Å²) in [6, 6.07) is 6.38. The smallest absolute Gasteiger partial charge is 0.192 e. The van der Waals surface area contributed by atoms with Gasteiger partial charge in [0.1, 0.15) is 0 Å². The number of hydrogen-bond acceptors (Lipinski definition) is 5. The zero-order valence-electron chi connectivity index (χ0n) is 12.1. The first-order chi connectivity index (χ1) is 9.72. The lowest BCUT2D eigenvalue weighted by Gasteiger charge is -2.15. The summed E-state index contributed by atoms with van der Waals surface area (Å²) in [7, 11) is 0. The van der Waals surface area contributed by atoms with Crippen molar-refractivity contribution in [1.29, 1.82) is 0 Å². The second kappa shape index (κ2) is 7.36. The second-order valence-electron chi connectivity index (χ2n) is 4.52. The third-order valence-corrected chi connectivity index (χ3v) is 3.81. The number of rotatable bonds is 6. The number of pyridine rings is 1. The zero-order chi connectivity index (χ0) is 14.4. The molecule has 1 N–H and O–H groups in total. The minimum atomic E-state index is 0.328. The van der Waals surface area contributed by atoms with Gasteiger partial charge >= 0.3 is 0 Å². The molecule has 0 aliphatic heterocycles. The van der Waals surface area contributed by atoms with Crippen LogP contribution in [0.15, 0.2) is 40.6 Å². The molecule has 2 aromatic rings. The monoisotopic (exact) mass is 288 g/mol. The quantitative estimate of drug-likeness (QED) is 0.826. The maximum atomic E-state index is 4.55. The summed E-state index contributed by atoms with van der Waals surface area (Å²) in [4.78, 5) is 14.2. The van der Waals surface area contributed by atoms with Crippen molar-refractivity contribution in [2.75, 3.05) is 6.54 Å². The second-order valence-corrected chi connectivity index (χ2v) is 5.56. The highest BCUT2D eigenvalue weighted by Crippen LogP contribution is 2.25. The Morgan fingerprint density at radius 1 is 1.20 bits per heavy atom. The largest absolute Gasteiger partial charge is 0.309 e. The molecule has 0 amide bonds. The molecule has 0 saturated carbocycles. The van der Waals surface area contributed by atoms with Gasteiger partial charge < -0.3 is 5.32 Å². The van der Waals surface area contributed by atoms with Crippen LogP contribution < -0.4 is 5.32 Å². The molecule has 2 rings (SSSR count). The lowest BCUT2D eigenvalue weighted by Crippen LogP contribution is -2.20. The predicted molar refractivity (Wildman–Crippen MR) is 81.8 cm³/mol. The van der Waals surface area contributed by atoms with Crippen LogP contribution in [-0.4, -0.2) is 21.5 Å². The lowest BCUT2D eigenvalue weighted by atomic mass is 10.1. The van der Waals surface area contributed by atoms with E-state index in [4.69, 9.17) is 0 Å². The van der Waals surface area contributed by atoms with Gasteiger partial charge in [0.05, 0.1) is 5.69 Å². The molecule has 0 aliphatic carbocycles. The Labute approximate surface area is 124 Å². The summed E-state index contributed by atoms with van der Waals surface area (Å²) in [6.45, 7) is 7.20. The summed E-state index contributed by atoms with van der Waals surface area (Å²) >= 11 is 1.54. The maximum absolute atomic E-state index is 4.55. The molecule has 0 aromatic carbocycles. The molecule has 0 spiro atoms. The highest BCUT2D eigenvalue weighted by Gasteiger charge is 2.09. The Balaban J connectivity index is 2.08. The molecule has 4 nitrogen and oxygen atoms in total. The van der Waals surface area contributed by atoms with Gasteiger partial charge in [-0.05, 0) is 49.9 Å². The van der Waals surface area contributed by atoms with E-state index < -0.39 is 0 Å². The Morgan fingerprint density at radius 2 is 2.05 bits per heavy atom. The van der Waals surface area contributed by atoms with Crippen molar-refractivity contribution in [3.05, 3.63) is 42.0 Å². The number of aryl methyl sites for hydroxylation is 1. The third kappa shape index (κ3) is 4.02. The van der Waals surface area contributed by atoms with Gasteiger partial charge in [0.25, 0.3) is 0 Å². The molecule has 2 heterocycles. The SMILES string of the molecule is CCNC(CC)c1ccc(Sc2nccc(C)n2)cn1. The molecule has 0 saturated heterocycles. The fraction of sp³-hybridized carbons (Fsp3) is 0.400. The van der Waals surface area contributed by atoms with Crippen molar-refractivity contribution < 1.29 is 0 Å². The highest BCUT2D eigenvalue weighted by molar-refractivity contribution is 7.99. The molecular formula is C15H20N4S. The van der Waals surface area contributed by atoms with Crippen LogP contribution in [0.25, 0.3) is 0 Å². The van der Waals surface area contributed by atoms with Gasteiger partial charge in [-0.3, -0.25) is 4.98 Å². The van der Waals surface area contributed by atoms with Gasteiger partial charge in [0.15, 0.2) is 5.16 Å². The lowest BCUT2D eigenvalue weighted by molar-refractivity contribution is 0.524. The van der Waals surface area contributed by atoms with Crippen LogP contribution in [0.3, 0.4) is 0 Å². The molecule has 20 heavy (non-hydrogen) atoms. The highest BCUT2D eigenvalue weighted by atomic mass is 32.2. The van der Waals surface area contributed by atoms with Gasteiger partial charge in [-0.25, -0.2) is 9.97 Å².